The molecule has 2 atom stereocenters. The predicted octanol–water partition coefficient (Wildman–Crippen LogP) is 3.91. The molecule has 1 aliphatic heterocycles. The van der Waals surface area contributed by atoms with Crippen LogP contribution >= 0.6 is 11.6 Å². The van der Waals surface area contributed by atoms with Crippen LogP contribution in [0.4, 0.5) is 19.0 Å². The van der Waals surface area contributed by atoms with E-state index in [0.29, 0.717) is 10.7 Å². The van der Waals surface area contributed by atoms with Gasteiger partial charge in [0.25, 0.3) is 0 Å². The van der Waals surface area contributed by atoms with Crippen LogP contribution in [0.5, 0.6) is 0 Å². The van der Waals surface area contributed by atoms with E-state index >= 15 is 0 Å². The summed E-state index contributed by atoms with van der Waals surface area (Å²) >= 11 is 6.03. The molecule has 8 nitrogen and oxygen atoms in total. The number of nitrogens with zero attached hydrogens (tertiary/aromatic N) is 4. The van der Waals surface area contributed by atoms with Crippen LogP contribution < -0.4 is 10.3 Å². The molecule has 2 aromatic carbocycles. The lowest BCUT2D eigenvalue weighted by Crippen LogP contribution is -2.31. The highest BCUT2D eigenvalue weighted by Crippen LogP contribution is 2.36. The molecule has 0 bridgehead atoms. The number of carbonyl (C=O) groups excluding carboxylic acids is 1. The number of carbonyl (C=O) groups is 1. The Morgan fingerprint density at radius 1 is 1.22 bits per heavy atom. The highest BCUT2D eigenvalue weighted by atomic mass is 35.5. The monoisotopic (exact) mass is 519 g/mol. The van der Waals surface area contributed by atoms with Gasteiger partial charge in [0.1, 0.15) is 6.23 Å². The van der Waals surface area contributed by atoms with Crippen molar-refractivity contribution in [2.75, 3.05) is 25.2 Å². The maximum Gasteiger partial charge on any atom is 0.451 e. The maximum absolute atomic E-state index is 13.5. The number of alkyl halides is 3. The van der Waals surface area contributed by atoms with Gasteiger partial charge in [-0.15, -0.1) is 0 Å². The lowest BCUT2D eigenvalue weighted by Gasteiger charge is -2.22. The largest absolute Gasteiger partial charge is 0.468 e. The fourth-order valence-corrected chi connectivity index (χ4v) is 3.87. The van der Waals surface area contributed by atoms with Crippen molar-refractivity contribution in [1.29, 1.82) is 0 Å². The van der Waals surface area contributed by atoms with Crippen molar-refractivity contribution in [3.8, 4) is 0 Å². The molecule has 2 unspecified atom stereocenters. The summed E-state index contributed by atoms with van der Waals surface area (Å²) in [7, 11) is 1.17. The van der Waals surface area contributed by atoms with Gasteiger partial charge < -0.3 is 9.84 Å². The third-order valence-corrected chi connectivity index (χ3v) is 5.76. The first-order valence-electron chi connectivity index (χ1n) is 10.8. The normalized spacial score (nSPS) is 16.6. The average Bonchev–Trinajstić information content (AvgIpc) is 3.32. The van der Waals surface area contributed by atoms with Gasteiger partial charge >= 0.3 is 12.1 Å². The molecule has 2 heterocycles. The van der Waals surface area contributed by atoms with Crippen LogP contribution in [0.1, 0.15) is 34.7 Å². The zero-order valence-electron chi connectivity index (χ0n) is 18.9. The number of aliphatic hydroxyl groups excluding tert-OH is 1. The van der Waals surface area contributed by atoms with Crippen molar-refractivity contribution in [1.82, 2.24) is 15.3 Å². The van der Waals surface area contributed by atoms with Crippen LogP contribution in [0.3, 0.4) is 0 Å². The molecule has 0 fully saturated rings. The van der Waals surface area contributed by atoms with E-state index in [4.69, 9.17) is 11.6 Å². The van der Waals surface area contributed by atoms with Crippen LogP contribution in [0.2, 0.25) is 5.02 Å². The Balaban J connectivity index is 1.78. The van der Waals surface area contributed by atoms with Gasteiger partial charge in [0, 0.05) is 17.1 Å². The Morgan fingerprint density at radius 3 is 2.56 bits per heavy atom. The molecule has 0 spiro atoms. The molecule has 0 aliphatic carbocycles. The molecule has 4 rings (SSSR count). The summed E-state index contributed by atoms with van der Waals surface area (Å²) in [4.78, 5) is 18.6. The van der Waals surface area contributed by atoms with Crippen molar-refractivity contribution >= 4 is 29.1 Å². The molecule has 0 saturated carbocycles. The SMILES string of the molecule is COC(=O)CNC(O)c1cnc(C(F)(F)F)nc1N1CC(c2ccccc2)C(c2ccc(Cl)cc2)=N1. The number of nitrogens with one attached hydrogen (secondary N) is 1. The van der Waals surface area contributed by atoms with Gasteiger partial charge in [-0.05, 0) is 23.3 Å². The highest BCUT2D eigenvalue weighted by molar-refractivity contribution is 6.30. The summed E-state index contributed by atoms with van der Waals surface area (Å²) in [5.74, 6) is -2.61. The number of benzene rings is 2. The fraction of sp³-hybridized carbons (Fsp3) is 0.250. The van der Waals surface area contributed by atoms with E-state index in [0.717, 1.165) is 17.3 Å². The fourth-order valence-electron chi connectivity index (χ4n) is 3.74. The van der Waals surface area contributed by atoms with Crippen LogP contribution in [0.15, 0.2) is 65.9 Å². The van der Waals surface area contributed by atoms with Gasteiger partial charge in [-0.25, -0.2) is 15.0 Å². The lowest BCUT2D eigenvalue weighted by molar-refractivity contribution is -0.145. The molecular formula is C24H21ClF3N5O3. The summed E-state index contributed by atoms with van der Waals surface area (Å²) in [5.41, 5.74) is 2.13. The van der Waals surface area contributed by atoms with Gasteiger partial charge in [-0.2, -0.15) is 18.3 Å². The van der Waals surface area contributed by atoms with Gasteiger partial charge in [-0.3, -0.25) is 10.1 Å². The number of halogens is 4. The Labute approximate surface area is 209 Å². The summed E-state index contributed by atoms with van der Waals surface area (Å²) in [5, 5.41) is 19.6. The Bertz CT molecular complexity index is 1260. The number of hydrogen-bond acceptors (Lipinski definition) is 8. The first-order valence-corrected chi connectivity index (χ1v) is 11.1. The Morgan fingerprint density at radius 2 is 1.92 bits per heavy atom. The van der Waals surface area contributed by atoms with Crippen molar-refractivity contribution in [2.24, 2.45) is 5.10 Å². The Hall–Kier alpha value is -3.54. The minimum absolute atomic E-state index is 0.0835. The van der Waals surface area contributed by atoms with E-state index in [1.165, 1.54) is 12.1 Å². The third-order valence-electron chi connectivity index (χ3n) is 5.51. The van der Waals surface area contributed by atoms with E-state index in [-0.39, 0.29) is 30.4 Å². The van der Waals surface area contributed by atoms with E-state index in [9.17, 15) is 23.1 Å². The molecule has 12 heteroatoms. The van der Waals surface area contributed by atoms with Gasteiger partial charge in [0.15, 0.2) is 5.82 Å². The zero-order chi connectivity index (χ0) is 25.9. The molecule has 0 amide bonds. The number of ether oxygens (including phenoxy) is 1. The molecule has 1 aliphatic rings. The average molecular weight is 520 g/mol. The number of esters is 1. The summed E-state index contributed by atoms with van der Waals surface area (Å²) in [6.45, 7) is -0.239. The molecule has 2 N–H and O–H groups in total. The van der Waals surface area contributed by atoms with E-state index in [1.54, 1.807) is 24.3 Å². The number of rotatable bonds is 7. The molecule has 36 heavy (non-hydrogen) atoms. The van der Waals surface area contributed by atoms with Crippen LogP contribution in [-0.2, 0) is 15.7 Å². The van der Waals surface area contributed by atoms with Crippen molar-refractivity contribution in [3.63, 3.8) is 0 Å². The quantitative estimate of drug-likeness (QED) is 0.360. The van der Waals surface area contributed by atoms with Crippen LogP contribution in [0, 0.1) is 0 Å². The first kappa shape index (κ1) is 25.5. The second kappa shape index (κ2) is 10.6. The second-order valence-corrected chi connectivity index (χ2v) is 8.30. The number of anilines is 1. The lowest BCUT2D eigenvalue weighted by atomic mass is 9.90. The predicted molar refractivity (Wildman–Crippen MR) is 127 cm³/mol. The number of aliphatic hydroxyl groups is 1. The van der Waals surface area contributed by atoms with Crippen molar-refractivity contribution in [3.05, 3.63) is 88.3 Å². The zero-order valence-corrected chi connectivity index (χ0v) is 19.7. The number of methoxy groups -OCH3 is 1. The standard InChI is InChI=1S/C24H21ClF3N5O3/c1-36-19(34)12-29-22(35)17-11-30-23(24(26,27)28)31-21(17)33-13-18(14-5-3-2-4-6-14)20(32-33)15-7-9-16(25)10-8-15/h2-11,18,22,29,35H,12-13H2,1H3. The number of aromatic nitrogens is 2. The van der Waals surface area contributed by atoms with Crippen LogP contribution in [-0.4, -0.2) is 47.0 Å². The summed E-state index contributed by atoms with van der Waals surface area (Å²) < 4.78 is 45.0. The number of hydrazone groups is 1. The molecule has 188 valence electrons. The molecule has 3 aromatic rings. The molecule has 1 aromatic heterocycles. The smallest absolute Gasteiger partial charge is 0.451 e. The molecule has 0 saturated heterocycles. The minimum atomic E-state index is -4.82. The van der Waals surface area contributed by atoms with E-state index in [2.05, 4.69) is 25.1 Å². The van der Waals surface area contributed by atoms with Crippen molar-refractivity contribution in [2.45, 2.75) is 18.3 Å². The maximum atomic E-state index is 13.5. The summed E-state index contributed by atoms with van der Waals surface area (Å²) in [6.07, 6.45) is -5.52. The number of hydrogen-bond donors (Lipinski definition) is 2. The highest BCUT2D eigenvalue weighted by Gasteiger charge is 2.38. The molecular weight excluding hydrogens is 499 g/mol. The first-order chi connectivity index (χ1) is 17.2. The third kappa shape index (κ3) is 5.64. The van der Waals surface area contributed by atoms with Gasteiger partial charge in [0.05, 0.1) is 31.5 Å². The van der Waals surface area contributed by atoms with Gasteiger partial charge in [-0.1, -0.05) is 54.1 Å². The second-order valence-electron chi connectivity index (χ2n) is 7.87. The van der Waals surface area contributed by atoms with Crippen LogP contribution in [0.25, 0.3) is 0 Å². The van der Waals surface area contributed by atoms with Crippen molar-refractivity contribution < 1.29 is 27.8 Å². The molecule has 0 radical (unpaired) electrons. The van der Waals surface area contributed by atoms with Gasteiger partial charge in [0.2, 0.25) is 5.82 Å². The van der Waals surface area contributed by atoms with E-state index < -0.39 is 24.2 Å². The minimum Gasteiger partial charge on any atom is -0.468 e. The van der Waals surface area contributed by atoms with E-state index in [1.807, 2.05) is 30.3 Å². The topological polar surface area (TPSA) is 99.9 Å². The summed E-state index contributed by atoms with van der Waals surface area (Å²) in [6, 6.07) is 16.3. The Kier molecular flexibility index (Phi) is 7.53.